The smallest absolute Gasteiger partial charge is 0.130 e. The minimum Gasteiger partial charge on any atom is -0.384 e. The standard InChI is InChI=1S/C9H8BrFO/c1-2-9(12)7-4-3-6(10)5-8(7)11/h2-5,9,12H,1H2. The fraction of sp³-hybridized carbons (Fsp3) is 0.111. The number of benzene rings is 1. The van der Waals surface area contributed by atoms with E-state index in [-0.39, 0.29) is 5.56 Å². The second-order valence-corrected chi connectivity index (χ2v) is 3.26. The lowest BCUT2D eigenvalue weighted by atomic mass is 10.1. The van der Waals surface area contributed by atoms with Crippen LogP contribution >= 0.6 is 15.9 Å². The van der Waals surface area contributed by atoms with E-state index in [0.29, 0.717) is 4.47 Å². The summed E-state index contributed by atoms with van der Waals surface area (Å²) in [7, 11) is 0. The monoisotopic (exact) mass is 230 g/mol. The number of rotatable bonds is 2. The van der Waals surface area contributed by atoms with Crippen LogP contribution in [-0.4, -0.2) is 5.11 Å². The Balaban J connectivity index is 3.09. The maximum absolute atomic E-state index is 13.1. The van der Waals surface area contributed by atoms with E-state index in [1.165, 1.54) is 18.2 Å². The van der Waals surface area contributed by atoms with Crippen LogP contribution in [-0.2, 0) is 0 Å². The second kappa shape index (κ2) is 3.83. The fourth-order valence-electron chi connectivity index (χ4n) is 0.868. The zero-order valence-electron chi connectivity index (χ0n) is 6.30. The third kappa shape index (κ3) is 1.93. The lowest BCUT2D eigenvalue weighted by Gasteiger charge is -2.06. The van der Waals surface area contributed by atoms with E-state index < -0.39 is 11.9 Å². The van der Waals surface area contributed by atoms with E-state index >= 15 is 0 Å². The zero-order valence-corrected chi connectivity index (χ0v) is 7.88. The highest BCUT2D eigenvalue weighted by atomic mass is 79.9. The number of hydrogen-bond donors (Lipinski definition) is 1. The molecule has 0 spiro atoms. The van der Waals surface area contributed by atoms with Crippen LogP contribution < -0.4 is 0 Å². The Morgan fingerprint density at radius 1 is 1.58 bits per heavy atom. The summed E-state index contributed by atoms with van der Waals surface area (Å²) in [6, 6.07) is 4.50. The molecule has 0 aliphatic heterocycles. The summed E-state index contributed by atoms with van der Waals surface area (Å²) in [5, 5.41) is 9.23. The summed E-state index contributed by atoms with van der Waals surface area (Å²) in [6.45, 7) is 3.37. The Hall–Kier alpha value is -0.670. The van der Waals surface area contributed by atoms with Gasteiger partial charge in [-0.2, -0.15) is 0 Å². The maximum atomic E-state index is 13.1. The Morgan fingerprint density at radius 2 is 2.25 bits per heavy atom. The molecule has 1 rings (SSSR count). The summed E-state index contributed by atoms with van der Waals surface area (Å²) < 4.78 is 13.7. The van der Waals surface area contributed by atoms with Crippen LogP contribution in [0.25, 0.3) is 0 Å². The van der Waals surface area contributed by atoms with Crippen LogP contribution in [0.3, 0.4) is 0 Å². The molecular weight excluding hydrogens is 223 g/mol. The largest absolute Gasteiger partial charge is 0.384 e. The molecule has 0 aliphatic carbocycles. The lowest BCUT2D eigenvalue weighted by Crippen LogP contribution is -1.96. The van der Waals surface area contributed by atoms with Gasteiger partial charge in [-0.15, -0.1) is 6.58 Å². The summed E-state index contributed by atoms with van der Waals surface area (Å²) in [5.41, 5.74) is 0.244. The van der Waals surface area contributed by atoms with Crippen LogP contribution in [0.2, 0.25) is 0 Å². The van der Waals surface area contributed by atoms with Gasteiger partial charge < -0.3 is 5.11 Å². The first-order chi connectivity index (χ1) is 5.65. The van der Waals surface area contributed by atoms with Crippen molar-refractivity contribution in [1.29, 1.82) is 0 Å². The predicted molar refractivity (Wildman–Crippen MR) is 49.3 cm³/mol. The summed E-state index contributed by atoms with van der Waals surface area (Å²) in [4.78, 5) is 0. The van der Waals surface area contributed by atoms with E-state index in [9.17, 15) is 9.50 Å². The third-order valence-corrected chi connectivity index (χ3v) is 2.00. The van der Waals surface area contributed by atoms with Crippen molar-refractivity contribution >= 4 is 15.9 Å². The molecule has 0 amide bonds. The molecule has 12 heavy (non-hydrogen) atoms. The van der Waals surface area contributed by atoms with E-state index in [0.717, 1.165) is 0 Å². The first-order valence-electron chi connectivity index (χ1n) is 3.40. The third-order valence-electron chi connectivity index (χ3n) is 1.50. The molecule has 1 unspecified atom stereocenters. The predicted octanol–water partition coefficient (Wildman–Crippen LogP) is 2.81. The molecule has 0 bridgehead atoms. The van der Waals surface area contributed by atoms with E-state index in [4.69, 9.17) is 0 Å². The molecule has 0 saturated heterocycles. The molecule has 1 atom stereocenters. The Morgan fingerprint density at radius 3 is 2.75 bits per heavy atom. The molecule has 1 nitrogen and oxygen atoms in total. The molecule has 1 aromatic carbocycles. The average molecular weight is 231 g/mol. The maximum Gasteiger partial charge on any atom is 0.130 e. The van der Waals surface area contributed by atoms with Crippen molar-refractivity contribution < 1.29 is 9.50 Å². The summed E-state index contributed by atoms with van der Waals surface area (Å²) in [5.74, 6) is -0.434. The van der Waals surface area contributed by atoms with Crippen LogP contribution in [0, 0.1) is 5.82 Å². The van der Waals surface area contributed by atoms with Gasteiger partial charge >= 0.3 is 0 Å². The van der Waals surface area contributed by atoms with Crippen molar-refractivity contribution in [1.82, 2.24) is 0 Å². The van der Waals surface area contributed by atoms with Crippen molar-refractivity contribution in [2.24, 2.45) is 0 Å². The normalized spacial score (nSPS) is 12.6. The second-order valence-electron chi connectivity index (χ2n) is 2.35. The van der Waals surface area contributed by atoms with Crippen molar-refractivity contribution in [3.8, 4) is 0 Å². The highest BCUT2D eigenvalue weighted by Crippen LogP contribution is 2.21. The molecule has 0 heterocycles. The summed E-state index contributed by atoms with van der Waals surface area (Å²) in [6.07, 6.45) is 0.352. The molecule has 0 fully saturated rings. The van der Waals surface area contributed by atoms with Gasteiger partial charge in [-0.25, -0.2) is 4.39 Å². The fourth-order valence-corrected chi connectivity index (χ4v) is 1.20. The highest BCUT2D eigenvalue weighted by Gasteiger charge is 2.08. The molecule has 64 valence electrons. The van der Waals surface area contributed by atoms with Gasteiger partial charge in [0.05, 0.1) is 6.10 Å². The van der Waals surface area contributed by atoms with Crippen molar-refractivity contribution in [2.75, 3.05) is 0 Å². The number of aliphatic hydroxyl groups is 1. The SMILES string of the molecule is C=CC(O)c1ccc(Br)cc1F. The van der Waals surface area contributed by atoms with Gasteiger partial charge in [0.25, 0.3) is 0 Å². The molecule has 0 saturated carbocycles. The van der Waals surface area contributed by atoms with Gasteiger partial charge in [0, 0.05) is 10.0 Å². The van der Waals surface area contributed by atoms with Crippen LogP contribution in [0.4, 0.5) is 4.39 Å². The molecule has 1 aromatic rings. The van der Waals surface area contributed by atoms with Crippen molar-refractivity contribution in [3.05, 3.63) is 46.7 Å². The van der Waals surface area contributed by atoms with Gasteiger partial charge in [-0.1, -0.05) is 28.1 Å². The zero-order chi connectivity index (χ0) is 9.14. The quantitative estimate of drug-likeness (QED) is 0.776. The van der Waals surface area contributed by atoms with Gasteiger partial charge in [0.15, 0.2) is 0 Å². The van der Waals surface area contributed by atoms with Gasteiger partial charge in [-0.05, 0) is 12.1 Å². The molecule has 1 N–H and O–H groups in total. The van der Waals surface area contributed by atoms with Crippen LogP contribution in [0.5, 0.6) is 0 Å². The summed E-state index contributed by atoms with van der Waals surface area (Å²) >= 11 is 3.12. The van der Waals surface area contributed by atoms with E-state index in [1.54, 1.807) is 6.07 Å². The highest BCUT2D eigenvalue weighted by molar-refractivity contribution is 9.10. The minimum atomic E-state index is -0.932. The van der Waals surface area contributed by atoms with Crippen LogP contribution in [0.1, 0.15) is 11.7 Å². The Labute approximate surface area is 78.7 Å². The lowest BCUT2D eigenvalue weighted by molar-refractivity contribution is 0.223. The van der Waals surface area contributed by atoms with Crippen molar-refractivity contribution in [2.45, 2.75) is 6.10 Å². The number of hydrogen-bond acceptors (Lipinski definition) is 1. The number of halogens is 2. The molecular formula is C9H8BrFO. The Kier molecular flexibility index (Phi) is 3.00. The topological polar surface area (TPSA) is 20.2 Å². The molecule has 0 radical (unpaired) electrons. The molecule has 3 heteroatoms. The number of aliphatic hydroxyl groups excluding tert-OH is 1. The van der Waals surface area contributed by atoms with Crippen LogP contribution in [0.15, 0.2) is 35.3 Å². The molecule has 0 aromatic heterocycles. The van der Waals surface area contributed by atoms with Gasteiger partial charge in [0.2, 0.25) is 0 Å². The first-order valence-corrected chi connectivity index (χ1v) is 4.20. The van der Waals surface area contributed by atoms with Gasteiger partial charge in [0.1, 0.15) is 5.82 Å². The molecule has 0 aliphatic rings. The Bertz CT molecular complexity index is 299. The minimum absolute atomic E-state index is 0.244. The van der Waals surface area contributed by atoms with Crippen molar-refractivity contribution in [3.63, 3.8) is 0 Å². The first kappa shape index (κ1) is 9.42. The average Bonchev–Trinajstić information content (AvgIpc) is 2.03. The van der Waals surface area contributed by atoms with E-state index in [1.807, 2.05) is 0 Å². The van der Waals surface area contributed by atoms with Gasteiger partial charge in [-0.3, -0.25) is 0 Å². The van der Waals surface area contributed by atoms with E-state index in [2.05, 4.69) is 22.5 Å².